The van der Waals surface area contributed by atoms with Crippen LogP contribution in [0.25, 0.3) is 0 Å². The highest BCUT2D eigenvalue weighted by Crippen LogP contribution is 2.57. The number of fused-ring (bicyclic) bond motifs is 2. The lowest BCUT2D eigenvalue weighted by atomic mass is 9.69. The van der Waals surface area contributed by atoms with E-state index < -0.39 is 0 Å². The molecule has 2 saturated carbocycles. The van der Waals surface area contributed by atoms with Crippen molar-refractivity contribution in [3.05, 3.63) is 34.6 Å². The van der Waals surface area contributed by atoms with Crippen LogP contribution in [0.4, 0.5) is 4.39 Å². The predicted octanol–water partition coefficient (Wildman–Crippen LogP) is 4.83. The van der Waals surface area contributed by atoms with Gasteiger partial charge in [-0.15, -0.1) is 0 Å². The van der Waals surface area contributed by atoms with Gasteiger partial charge < -0.3 is 5.32 Å². The minimum atomic E-state index is -0.283. The summed E-state index contributed by atoms with van der Waals surface area (Å²) in [4.78, 5) is 0. The van der Waals surface area contributed by atoms with Gasteiger partial charge in [0.25, 0.3) is 0 Å². The molecule has 2 fully saturated rings. The molecule has 0 saturated heterocycles. The minimum Gasteiger partial charge on any atom is -0.316 e. The molecule has 3 atom stereocenters. The molecule has 2 bridgehead atoms. The van der Waals surface area contributed by atoms with Crippen LogP contribution in [-0.2, 0) is 6.42 Å². The molecule has 0 aromatic heterocycles. The molecule has 3 rings (SSSR count). The SMILES string of the molecule is CCCNCC1(Cc2ccc(Cl)c(F)c2)CC2CCC1C2. The van der Waals surface area contributed by atoms with Crippen LogP contribution in [-0.4, -0.2) is 13.1 Å². The molecular formula is C18H25ClFN. The van der Waals surface area contributed by atoms with Crippen LogP contribution in [0.5, 0.6) is 0 Å². The molecule has 3 unspecified atom stereocenters. The van der Waals surface area contributed by atoms with Gasteiger partial charge in [0, 0.05) is 6.54 Å². The largest absolute Gasteiger partial charge is 0.316 e. The van der Waals surface area contributed by atoms with Crippen molar-refractivity contribution in [1.82, 2.24) is 5.32 Å². The van der Waals surface area contributed by atoms with Gasteiger partial charge in [-0.25, -0.2) is 4.39 Å². The molecule has 2 aliphatic rings. The van der Waals surface area contributed by atoms with Crippen LogP contribution in [0.2, 0.25) is 5.02 Å². The van der Waals surface area contributed by atoms with Crippen molar-refractivity contribution in [1.29, 1.82) is 0 Å². The maximum atomic E-state index is 13.7. The van der Waals surface area contributed by atoms with Crippen molar-refractivity contribution in [3.8, 4) is 0 Å². The lowest BCUT2D eigenvalue weighted by molar-refractivity contribution is 0.156. The number of benzene rings is 1. The smallest absolute Gasteiger partial charge is 0.142 e. The van der Waals surface area contributed by atoms with Gasteiger partial charge in [-0.1, -0.05) is 31.0 Å². The standard InChI is InChI=1S/C18H25ClFN/c1-2-7-21-12-18(10-13-3-5-15(18)8-13)11-14-4-6-16(19)17(20)9-14/h4,6,9,13,15,21H,2-3,5,7-8,10-12H2,1H3. The van der Waals surface area contributed by atoms with Gasteiger partial charge >= 0.3 is 0 Å². The van der Waals surface area contributed by atoms with Crippen molar-refractivity contribution in [2.24, 2.45) is 17.3 Å². The monoisotopic (exact) mass is 309 g/mol. The summed E-state index contributed by atoms with van der Waals surface area (Å²) in [6.07, 6.45) is 7.59. The van der Waals surface area contributed by atoms with E-state index in [0.29, 0.717) is 5.41 Å². The Balaban J connectivity index is 1.77. The fourth-order valence-electron chi connectivity index (χ4n) is 4.62. The van der Waals surface area contributed by atoms with Crippen LogP contribution >= 0.6 is 11.6 Å². The van der Waals surface area contributed by atoms with Crippen molar-refractivity contribution < 1.29 is 4.39 Å². The van der Waals surface area contributed by atoms with Crippen LogP contribution in [0.1, 0.15) is 44.6 Å². The van der Waals surface area contributed by atoms with E-state index in [9.17, 15) is 4.39 Å². The van der Waals surface area contributed by atoms with Gasteiger partial charge in [0.1, 0.15) is 5.82 Å². The Hall–Kier alpha value is -0.600. The van der Waals surface area contributed by atoms with E-state index >= 15 is 0 Å². The highest BCUT2D eigenvalue weighted by atomic mass is 35.5. The number of nitrogens with one attached hydrogen (secondary N) is 1. The van der Waals surface area contributed by atoms with Gasteiger partial charge in [-0.2, -0.15) is 0 Å². The molecule has 1 aromatic rings. The Morgan fingerprint density at radius 2 is 2.24 bits per heavy atom. The van der Waals surface area contributed by atoms with Crippen LogP contribution in [0.3, 0.4) is 0 Å². The summed E-state index contributed by atoms with van der Waals surface area (Å²) in [5.41, 5.74) is 1.43. The van der Waals surface area contributed by atoms with Gasteiger partial charge in [0.2, 0.25) is 0 Å². The third kappa shape index (κ3) is 3.12. The molecule has 1 aromatic carbocycles. The zero-order valence-electron chi connectivity index (χ0n) is 12.8. The van der Waals surface area contributed by atoms with Gasteiger partial charge in [-0.05, 0) is 73.6 Å². The second-order valence-corrected chi connectivity index (χ2v) is 7.45. The zero-order valence-corrected chi connectivity index (χ0v) is 13.6. The average molecular weight is 310 g/mol. The summed E-state index contributed by atoms with van der Waals surface area (Å²) < 4.78 is 13.7. The van der Waals surface area contributed by atoms with E-state index in [0.717, 1.165) is 36.9 Å². The van der Waals surface area contributed by atoms with E-state index in [4.69, 9.17) is 11.6 Å². The Kier molecular flexibility index (Phi) is 4.56. The molecule has 116 valence electrons. The Morgan fingerprint density at radius 1 is 1.38 bits per heavy atom. The lowest BCUT2D eigenvalue weighted by Crippen LogP contribution is -2.40. The van der Waals surface area contributed by atoms with E-state index in [1.165, 1.54) is 32.1 Å². The summed E-state index contributed by atoms with van der Waals surface area (Å²) in [6, 6.07) is 5.33. The first-order valence-corrected chi connectivity index (χ1v) is 8.65. The topological polar surface area (TPSA) is 12.0 Å². The van der Waals surface area contributed by atoms with Crippen molar-refractivity contribution in [2.45, 2.75) is 45.4 Å². The van der Waals surface area contributed by atoms with Crippen molar-refractivity contribution >= 4 is 11.6 Å². The summed E-state index contributed by atoms with van der Waals surface area (Å²) in [5.74, 6) is 1.43. The summed E-state index contributed by atoms with van der Waals surface area (Å²) in [5, 5.41) is 3.86. The molecule has 1 N–H and O–H groups in total. The molecule has 21 heavy (non-hydrogen) atoms. The van der Waals surface area contributed by atoms with Crippen LogP contribution in [0, 0.1) is 23.1 Å². The Morgan fingerprint density at radius 3 is 2.86 bits per heavy atom. The first-order chi connectivity index (χ1) is 10.1. The van der Waals surface area contributed by atoms with Gasteiger partial charge in [0.15, 0.2) is 0 Å². The first-order valence-electron chi connectivity index (χ1n) is 8.27. The second kappa shape index (κ2) is 6.26. The number of rotatable bonds is 6. The summed E-state index contributed by atoms with van der Waals surface area (Å²) in [6.45, 7) is 4.36. The minimum absolute atomic E-state index is 0.227. The molecule has 3 heteroatoms. The first kappa shape index (κ1) is 15.3. The van der Waals surface area contributed by atoms with Crippen molar-refractivity contribution in [3.63, 3.8) is 0 Å². The third-order valence-electron chi connectivity index (χ3n) is 5.55. The molecule has 0 aliphatic heterocycles. The third-order valence-corrected chi connectivity index (χ3v) is 5.85. The molecule has 0 radical (unpaired) electrons. The average Bonchev–Trinajstić information content (AvgIpc) is 3.04. The predicted molar refractivity (Wildman–Crippen MR) is 86.2 cm³/mol. The molecule has 0 heterocycles. The van der Waals surface area contributed by atoms with E-state index in [1.807, 2.05) is 6.07 Å². The number of hydrogen-bond donors (Lipinski definition) is 1. The van der Waals surface area contributed by atoms with Gasteiger partial charge in [0.05, 0.1) is 5.02 Å². The normalized spacial score (nSPS) is 31.0. The number of hydrogen-bond acceptors (Lipinski definition) is 1. The van der Waals surface area contributed by atoms with E-state index in [2.05, 4.69) is 12.2 Å². The maximum absolute atomic E-state index is 13.7. The molecule has 1 nitrogen and oxygen atoms in total. The second-order valence-electron chi connectivity index (χ2n) is 7.04. The number of halogens is 2. The highest BCUT2D eigenvalue weighted by molar-refractivity contribution is 6.30. The Bertz CT molecular complexity index is 504. The van der Waals surface area contributed by atoms with E-state index in [-0.39, 0.29) is 10.8 Å². The summed E-state index contributed by atoms with van der Waals surface area (Å²) in [7, 11) is 0. The van der Waals surface area contributed by atoms with Gasteiger partial charge in [-0.3, -0.25) is 0 Å². The fraction of sp³-hybridized carbons (Fsp3) is 0.667. The Labute approximate surface area is 132 Å². The van der Waals surface area contributed by atoms with Crippen molar-refractivity contribution in [2.75, 3.05) is 13.1 Å². The molecule has 2 aliphatic carbocycles. The quantitative estimate of drug-likeness (QED) is 0.742. The maximum Gasteiger partial charge on any atom is 0.142 e. The van der Waals surface area contributed by atoms with Crippen LogP contribution in [0.15, 0.2) is 18.2 Å². The lowest BCUT2D eigenvalue weighted by Gasteiger charge is -2.38. The zero-order chi connectivity index (χ0) is 14.9. The summed E-state index contributed by atoms with van der Waals surface area (Å²) >= 11 is 5.81. The molecular weight excluding hydrogens is 285 g/mol. The fourth-order valence-corrected chi connectivity index (χ4v) is 4.74. The van der Waals surface area contributed by atoms with Crippen LogP contribution < -0.4 is 5.32 Å². The molecule has 0 amide bonds. The highest BCUT2D eigenvalue weighted by Gasteiger charge is 2.50. The molecule has 0 spiro atoms. The van der Waals surface area contributed by atoms with E-state index in [1.54, 1.807) is 12.1 Å².